The topological polar surface area (TPSA) is 115 Å². The molecule has 2 aromatic heterocycles. The quantitative estimate of drug-likeness (QED) is 0.182. The van der Waals surface area contributed by atoms with Crippen LogP contribution in [0.4, 0.5) is 0 Å². The molecule has 0 aliphatic carbocycles. The number of fused-ring (bicyclic) bond motifs is 1. The molecule has 0 fully saturated rings. The predicted molar refractivity (Wildman–Crippen MR) is 163 cm³/mol. The van der Waals surface area contributed by atoms with Crippen molar-refractivity contribution < 1.29 is 28.4 Å². The number of furan rings is 1. The molecule has 1 amide bonds. The Balaban J connectivity index is 1.42. The van der Waals surface area contributed by atoms with E-state index in [-0.39, 0.29) is 18.4 Å². The summed E-state index contributed by atoms with van der Waals surface area (Å²) in [5, 5.41) is 17.8. The first-order valence-electron chi connectivity index (χ1n) is 14.2. The summed E-state index contributed by atoms with van der Waals surface area (Å²) in [6.45, 7) is 10.6. The second kappa shape index (κ2) is 11.9. The van der Waals surface area contributed by atoms with Gasteiger partial charge in [-0.15, -0.1) is 0 Å². The van der Waals surface area contributed by atoms with Crippen LogP contribution in [0, 0.1) is 27.7 Å². The van der Waals surface area contributed by atoms with Crippen LogP contribution in [-0.4, -0.2) is 27.7 Å². The van der Waals surface area contributed by atoms with Gasteiger partial charge < -0.3 is 24.1 Å². The lowest BCUT2D eigenvalue weighted by Crippen LogP contribution is -2.36. The van der Waals surface area contributed by atoms with Crippen LogP contribution in [0.5, 0.6) is 0 Å². The normalized spacial score (nSPS) is 13.2. The molecule has 0 unspecified atom stereocenters. The van der Waals surface area contributed by atoms with Gasteiger partial charge in [-0.25, -0.2) is 4.79 Å². The molecular weight excluding hydrogens is 544 g/mol. The van der Waals surface area contributed by atoms with E-state index >= 15 is 0 Å². The minimum atomic E-state index is -1.51. The molecule has 2 N–H and O–H groups in total. The average Bonchev–Trinajstić information content (AvgIpc) is 3.53. The zero-order valence-corrected chi connectivity index (χ0v) is 25.2. The van der Waals surface area contributed by atoms with Crippen LogP contribution in [-0.2, 0) is 20.7 Å². The largest absolute Gasteiger partial charge is 0.479 e. The first-order valence-corrected chi connectivity index (χ1v) is 14.2. The Kier molecular flexibility index (Phi) is 8.24. The maximum absolute atomic E-state index is 13.4. The van der Waals surface area contributed by atoms with E-state index in [1.54, 1.807) is 13.8 Å². The molecule has 0 saturated carbocycles. The zero-order chi connectivity index (χ0) is 30.9. The summed E-state index contributed by atoms with van der Waals surface area (Å²) in [7, 11) is 0. The van der Waals surface area contributed by atoms with Gasteiger partial charge in [-0.3, -0.25) is 4.79 Å². The van der Waals surface area contributed by atoms with Gasteiger partial charge in [0.1, 0.15) is 23.2 Å². The van der Waals surface area contributed by atoms with Crippen molar-refractivity contribution >= 4 is 22.8 Å². The molecule has 5 aromatic rings. The number of carbonyl (C=O) groups is 2. The molecule has 0 bridgehead atoms. The van der Waals surface area contributed by atoms with E-state index < -0.39 is 17.7 Å². The van der Waals surface area contributed by atoms with Crippen LogP contribution in [0.15, 0.2) is 81.7 Å². The highest BCUT2D eigenvalue weighted by atomic mass is 16.5. The maximum Gasteiger partial charge on any atom is 0.335 e. The van der Waals surface area contributed by atoms with Gasteiger partial charge in [0, 0.05) is 5.39 Å². The van der Waals surface area contributed by atoms with Crippen molar-refractivity contribution in [3.63, 3.8) is 0 Å². The Morgan fingerprint density at radius 1 is 0.977 bits per heavy atom. The van der Waals surface area contributed by atoms with Crippen LogP contribution >= 0.6 is 0 Å². The van der Waals surface area contributed by atoms with Gasteiger partial charge in [0.2, 0.25) is 5.91 Å². The third-order valence-electron chi connectivity index (χ3n) is 7.68. The summed E-state index contributed by atoms with van der Waals surface area (Å²) < 4.78 is 17.6. The number of rotatable bonds is 10. The molecule has 8 nitrogen and oxygen atoms in total. The molecule has 43 heavy (non-hydrogen) atoms. The fourth-order valence-electron chi connectivity index (χ4n) is 5.35. The van der Waals surface area contributed by atoms with Crippen LogP contribution in [0.2, 0.25) is 0 Å². The van der Waals surface area contributed by atoms with Crippen LogP contribution in [0.3, 0.4) is 0 Å². The molecule has 0 radical (unpaired) electrons. The first kappa shape index (κ1) is 29.8. The molecule has 2 heterocycles. The number of aromatic nitrogens is 1. The van der Waals surface area contributed by atoms with E-state index in [2.05, 4.69) is 42.5 Å². The summed E-state index contributed by atoms with van der Waals surface area (Å²) in [6, 6.07) is 23.3. The zero-order valence-electron chi connectivity index (χ0n) is 25.2. The molecular formula is C35H36N2O6. The van der Waals surface area contributed by atoms with Gasteiger partial charge >= 0.3 is 5.97 Å². The molecule has 3 aromatic carbocycles. The van der Waals surface area contributed by atoms with Crippen molar-refractivity contribution in [2.24, 2.45) is 0 Å². The first-order chi connectivity index (χ1) is 20.4. The van der Waals surface area contributed by atoms with Gasteiger partial charge in [0.05, 0.1) is 23.7 Å². The lowest BCUT2D eigenvalue weighted by atomic mass is 9.93. The molecule has 222 valence electrons. The molecule has 5 rings (SSSR count). The van der Waals surface area contributed by atoms with Gasteiger partial charge in [-0.2, -0.15) is 0 Å². The number of carboxylic acids is 1. The number of benzene rings is 3. The number of carboxylic acid groups (broad SMARTS) is 1. The van der Waals surface area contributed by atoms with Gasteiger partial charge in [-0.05, 0) is 82.0 Å². The summed E-state index contributed by atoms with van der Waals surface area (Å²) in [5.74, 6) is -0.294. The molecule has 2 atom stereocenters. The number of nitrogens with one attached hydrogen (secondary N) is 1. The Hall–Kier alpha value is -4.69. The van der Waals surface area contributed by atoms with E-state index in [4.69, 9.17) is 13.7 Å². The Morgan fingerprint density at radius 2 is 1.72 bits per heavy atom. The number of hydrogen-bond acceptors (Lipinski definition) is 6. The van der Waals surface area contributed by atoms with Crippen LogP contribution in [0.1, 0.15) is 76.6 Å². The van der Waals surface area contributed by atoms with Crippen molar-refractivity contribution in [2.75, 3.05) is 0 Å². The molecule has 0 saturated heterocycles. The van der Waals surface area contributed by atoms with E-state index in [1.165, 1.54) is 19.4 Å². The van der Waals surface area contributed by atoms with Crippen molar-refractivity contribution in [1.82, 2.24) is 10.5 Å². The highest BCUT2D eigenvalue weighted by molar-refractivity contribution is 5.83. The average molecular weight is 581 g/mol. The fourth-order valence-corrected chi connectivity index (χ4v) is 5.35. The Morgan fingerprint density at radius 3 is 2.37 bits per heavy atom. The summed E-state index contributed by atoms with van der Waals surface area (Å²) in [6.07, 6.45) is -0.693. The van der Waals surface area contributed by atoms with Crippen molar-refractivity contribution in [3.05, 3.63) is 123 Å². The van der Waals surface area contributed by atoms with Crippen molar-refractivity contribution in [3.8, 4) is 0 Å². The van der Waals surface area contributed by atoms with Gasteiger partial charge in [0.25, 0.3) is 0 Å². The molecule has 0 spiro atoms. The molecule has 0 aliphatic rings. The summed E-state index contributed by atoms with van der Waals surface area (Å²) in [4.78, 5) is 25.3. The summed E-state index contributed by atoms with van der Waals surface area (Å²) >= 11 is 0. The number of nitrogens with zero attached hydrogens (tertiary/aromatic N) is 1. The standard InChI is InChI=1S/C35H36N2O6/c1-20-12-14-27(21(2)16-20)32(25-10-8-7-9-11-25)36-30(38)18-24-13-15-28-26(17-24)19-29(41-28)33(42-35(5,6)34(39)40)31-22(3)37-43-23(31)4/h7-17,19,32-33H,18H2,1-6H3,(H,36,38)(H,39,40)/t32-,33-/m1/s1. The monoisotopic (exact) mass is 580 g/mol. The molecule has 8 heteroatoms. The second-order valence-corrected chi connectivity index (χ2v) is 11.5. The Bertz CT molecular complexity index is 1760. The summed E-state index contributed by atoms with van der Waals surface area (Å²) in [5.41, 5.74) is 5.43. The molecule has 0 aliphatic heterocycles. The number of ether oxygens (including phenoxy) is 1. The van der Waals surface area contributed by atoms with Crippen LogP contribution < -0.4 is 5.32 Å². The highest BCUT2D eigenvalue weighted by Crippen LogP contribution is 2.37. The fraction of sp³-hybridized carbons (Fsp3) is 0.286. The van der Waals surface area contributed by atoms with E-state index in [0.29, 0.717) is 28.4 Å². The number of amides is 1. The van der Waals surface area contributed by atoms with E-state index in [9.17, 15) is 14.7 Å². The number of carbonyl (C=O) groups excluding carboxylic acids is 1. The SMILES string of the molecule is Cc1ccc([C@H](NC(=O)Cc2ccc3oc([C@@H](OC(C)(C)C(=O)O)c4c(C)noc4C)cc3c2)c2ccccc2)c(C)c1. The third-order valence-corrected chi connectivity index (χ3v) is 7.68. The number of aliphatic carboxylic acids is 1. The third kappa shape index (κ3) is 6.39. The van der Waals surface area contributed by atoms with E-state index in [1.807, 2.05) is 54.6 Å². The lowest BCUT2D eigenvalue weighted by Gasteiger charge is -2.26. The Labute approximate surface area is 250 Å². The highest BCUT2D eigenvalue weighted by Gasteiger charge is 2.37. The predicted octanol–water partition coefficient (Wildman–Crippen LogP) is 7.07. The maximum atomic E-state index is 13.4. The van der Waals surface area contributed by atoms with Gasteiger partial charge in [0.15, 0.2) is 5.60 Å². The minimum Gasteiger partial charge on any atom is -0.479 e. The minimum absolute atomic E-state index is 0.114. The smallest absolute Gasteiger partial charge is 0.335 e. The van der Waals surface area contributed by atoms with Gasteiger partial charge in [-0.1, -0.05) is 65.3 Å². The van der Waals surface area contributed by atoms with E-state index in [0.717, 1.165) is 27.6 Å². The number of hydrogen-bond donors (Lipinski definition) is 2. The number of aryl methyl sites for hydroxylation is 4. The second-order valence-electron chi connectivity index (χ2n) is 11.5. The van der Waals surface area contributed by atoms with Crippen LogP contribution in [0.25, 0.3) is 11.0 Å². The lowest BCUT2D eigenvalue weighted by molar-refractivity contribution is -0.166. The van der Waals surface area contributed by atoms with Crippen molar-refractivity contribution in [2.45, 2.75) is 65.7 Å². The van der Waals surface area contributed by atoms with Crippen molar-refractivity contribution in [1.29, 1.82) is 0 Å².